The molecule has 0 fully saturated rings. The zero-order valence-corrected chi connectivity index (χ0v) is 13.7. The molecular weight excluding hydrogens is 344 g/mol. The summed E-state index contributed by atoms with van der Waals surface area (Å²) in [5.41, 5.74) is -0.0721. The van der Waals surface area contributed by atoms with Crippen LogP contribution in [0.5, 0.6) is 0 Å². The minimum atomic E-state index is -3.63. The van der Waals surface area contributed by atoms with Gasteiger partial charge in [0.1, 0.15) is 5.76 Å². The molecule has 130 valence electrons. The Labute approximate surface area is 137 Å². The number of nitrogens with zero attached hydrogens (tertiary/aromatic N) is 2. The van der Waals surface area contributed by atoms with Crippen molar-refractivity contribution < 1.29 is 26.5 Å². The van der Waals surface area contributed by atoms with Gasteiger partial charge in [-0.1, -0.05) is 5.16 Å². The van der Waals surface area contributed by atoms with Gasteiger partial charge in [-0.15, -0.1) is 0 Å². The number of rotatable bonds is 6. The van der Waals surface area contributed by atoms with Gasteiger partial charge in [0.05, 0.1) is 12.8 Å². The summed E-state index contributed by atoms with van der Waals surface area (Å²) >= 11 is 0. The molecule has 0 saturated heterocycles. The molecule has 0 atom stereocenters. The minimum Gasteiger partial charge on any atom is -0.360 e. The highest BCUT2D eigenvalue weighted by Crippen LogP contribution is 2.16. The fourth-order valence-corrected chi connectivity index (χ4v) is 2.78. The summed E-state index contributed by atoms with van der Waals surface area (Å²) < 4.78 is 55.4. The lowest BCUT2D eigenvalue weighted by molar-refractivity contribution is 0.0954. The molecule has 24 heavy (non-hydrogen) atoms. The van der Waals surface area contributed by atoms with Crippen molar-refractivity contribution in [2.45, 2.75) is 6.92 Å². The number of aryl methyl sites for hydroxylation is 1. The normalized spacial score (nSPS) is 11.3. The molecule has 1 aromatic heterocycles. The zero-order valence-electron chi connectivity index (χ0n) is 12.9. The Kier molecular flexibility index (Phi) is 5.17. The van der Waals surface area contributed by atoms with Gasteiger partial charge in [0.15, 0.2) is 17.5 Å². The smallest absolute Gasteiger partial charge is 0.251 e. The fourth-order valence-electron chi connectivity index (χ4n) is 1.93. The van der Waals surface area contributed by atoms with Crippen LogP contribution in [0.15, 0.2) is 28.8 Å². The van der Waals surface area contributed by atoms with E-state index in [4.69, 9.17) is 4.52 Å². The molecule has 0 aliphatic heterocycles. The van der Waals surface area contributed by atoms with Crippen LogP contribution in [0.3, 0.4) is 0 Å². The van der Waals surface area contributed by atoms with Crippen LogP contribution in [0.2, 0.25) is 0 Å². The maximum Gasteiger partial charge on any atom is 0.251 e. The maximum atomic E-state index is 13.1. The number of sulfonamides is 1. The molecule has 0 spiro atoms. The van der Waals surface area contributed by atoms with E-state index in [1.807, 2.05) is 0 Å². The van der Waals surface area contributed by atoms with Gasteiger partial charge in [-0.05, 0) is 25.1 Å². The molecule has 0 aliphatic carbocycles. The number of benzene rings is 1. The van der Waals surface area contributed by atoms with E-state index in [1.54, 1.807) is 6.92 Å². The van der Waals surface area contributed by atoms with Crippen LogP contribution in [0.4, 0.5) is 14.6 Å². The molecule has 0 radical (unpaired) electrons. The second kappa shape index (κ2) is 6.95. The van der Waals surface area contributed by atoms with E-state index >= 15 is 0 Å². The van der Waals surface area contributed by atoms with Crippen LogP contribution in [-0.4, -0.2) is 38.8 Å². The van der Waals surface area contributed by atoms with Crippen molar-refractivity contribution in [3.05, 3.63) is 47.2 Å². The second-order valence-corrected chi connectivity index (χ2v) is 6.92. The average Bonchev–Trinajstić information content (AvgIpc) is 2.91. The van der Waals surface area contributed by atoms with Gasteiger partial charge < -0.3 is 9.84 Å². The van der Waals surface area contributed by atoms with Crippen molar-refractivity contribution in [3.63, 3.8) is 0 Å². The molecule has 0 saturated carbocycles. The summed E-state index contributed by atoms with van der Waals surface area (Å²) in [6.45, 7) is 1.46. The molecule has 0 unspecified atom stereocenters. The lowest BCUT2D eigenvalue weighted by atomic mass is 10.2. The van der Waals surface area contributed by atoms with Crippen LogP contribution in [0, 0.1) is 18.6 Å². The van der Waals surface area contributed by atoms with Crippen molar-refractivity contribution in [1.82, 2.24) is 10.5 Å². The van der Waals surface area contributed by atoms with Crippen LogP contribution in [-0.2, 0) is 10.0 Å². The van der Waals surface area contributed by atoms with Gasteiger partial charge >= 0.3 is 0 Å². The molecule has 2 aromatic rings. The number of carbonyl (C=O) groups is 1. The first-order valence-electron chi connectivity index (χ1n) is 6.83. The van der Waals surface area contributed by atoms with Crippen molar-refractivity contribution in [2.24, 2.45) is 0 Å². The van der Waals surface area contributed by atoms with Crippen molar-refractivity contribution in [2.75, 3.05) is 23.7 Å². The van der Waals surface area contributed by atoms with Gasteiger partial charge in [0, 0.05) is 18.2 Å². The highest BCUT2D eigenvalue weighted by Gasteiger charge is 2.21. The third-order valence-corrected chi connectivity index (χ3v) is 4.22. The topological polar surface area (TPSA) is 92.5 Å². The number of hydrogen-bond acceptors (Lipinski definition) is 5. The van der Waals surface area contributed by atoms with Gasteiger partial charge in [0.25, 0.3) is 5.91 Å². The Hall–Kier alpha value is -2.49. The number of hydrogen-bond donors (Lipinski definition) is 1. The number of halogens is 2. The highest BCUT2D eigenvalue weighted by atomic mass is 32.2. The Morgan fingerprint density at radius 3 is 2.54 bits per heavy atom. The van der Waals surface area contributed by atoms with E-state index in [1.165, 1.54) is 6.07 Å². The highest BCUT2D eigenvalue weighted by molar-refractivity contribution is 7.92. The molecule has 1 amide bonds. The molecule has 0 bridgehead atoms. The molecular formula is C14H15F2N3O4S. The van der Waals surface area contributed by atoms with Crippen LogP contribution in [0.25, 0.3) is 0 Å². The van der Waals surface area contributed by atoms with E-state index in [9.17, 15) is 22.0 Å². The van der Waals surface area contributed by atoms with E-state index in [0.717, 1.165) is 28.8 Å². The van der Waals surface area contributed by atoms with Gasteiger partial charge in [-0.2, -0.15) is 0 Å². The summed E-state index contributed by atoms with van der Waals surface area (Å²) in [6.07, 6.45) is 0.994. The number of anilines is 1. The van der Waals surface area contributed by atoms with E-state index in [-0.39, 0.29) is 24.5 Å². The van der Waals surface area contributed by atoms with Gasteiger partial charge in [-0.25, -0.2) is 21.5 Å². The molecule has 10 heteroatoms. The number of carbonyl (C=O) groups excluding carboxylic acids is 1. The standard InChI is InChI=1S/C14H15F2N3O4S/c1-9-7-13(18-23-9)19(24(2,21)22)6-5-17-14(20)10-3-4-11(15)12(16)8-10/h3-4,7-8H,5-6H2,1-2H3,(H,17,20). The van der Waals surface area contributed by atoms with Crippen molar-refractivity contribution in [1.29, 1.82) is 0 Å². The number of nitrogens with one attached hydrogen (secondary N) is 1. The fraction of sp³-hybridized carbons (Fsp3) is 0.286. The monoisotopic (exact) mass is 359 g/mol. The summed E-state index contributed by atoms with van der Waals surface area (Å²) in [4.78, 5) is 11.9. The van der Waals surface area contributed by atoms with E-state index < -0.39 is 27.6 Å². The summed E-state index contributed by atoms with van der Waals surface area (Å²) in [6, 6.07) is 4.17. The van der Waals surface area contributed by atoms with E-state index in [2.05, 4.69) is 10.5 Å². The van der Waals surface area contributed by atoms with Crippen LogP contribution < -0.4 is 9.62 Å². The Bertz CT molecular complexity index is 851. The van der Waals surface area contributed by atoms with Gasteiger partial charge in [-0.3, -0.25) is 4.79 Å². The molecule has 1 N–H and O–H groups in total. The molecule has 0 aliphatic rings. The Morgan fingerprint density at radius 1 is 1.29 bits per heavy atom. The van der Waals surface area contributed by atoms with Crippen LogP contribution >= 0.6 is 0 Å². The van der Waals surface area contributed by atoms with Gasteiger partial charge in [0.2, 0.25) is 10.0 Å². The summed E-state index contributed by atoms with van der Waals surface area (Å²) in [5, 5.41) is 6.06. The van der Waals surface area contributed by atoms with Crippen molar-refractivity contribution >= 4 is 21.7 Å². The lowest BCUT2D eigenvalue weighted by Crippen LogP contribution is -2.38. The minimum absolute atomic E-state index is 0.0587. The first-order valence-corrected chi connectivity index (χ1v) is 8.67. The number of amides is 1. The third kappa shape index (κ3) is 4.28. The quantitative estimate of drug-likeness (QED) is 0.843. The van der Waals surface area contributed by atoms with Crippen molar-refractivity contribution in [3.8, 4) is 0 Å². The SMILES string of the molecule is Cc1cc(N(CCNC(=O)c2ccc(F)c(F)c2)S(C)(=O)=O)no1. The zero-order chi connectivity index (χ0) is 17.9. The summed E-state index contributed by atoms with van der Waals surface area (Å²) in [5.74, 6) is -2.32. The van der Waals surface area contributed by atoms with E-state index in [0.29, 0.717) is 5.76 Å². The molecule has 1 heterocycles. The third-order valence-electron chi connectivity index (χ3n) is 3.05. The molecule has 1 aromatic carbocycles. The predicted octanol–water partition coefficient (Wildman–Crippen LogP) is 1.46. The first kappa shape index (κ1) is 17.9. The summed E-state index contributed by atoms with van der Waals surface area (Å²) in [7, 11) is -3.63. The molecule has 2 rings (SSSR count). The number of aromatic nitrogens is 1. The molecule has 7 nitrogen and oxygen atoms in total. The van der Waals surface area contributed by atoms with Crippen LogP contribution in [0.1, 0.15) is 16.1 Å². The Balaban J connectivity index is 2.02. The maximum absolute atomic E-state index is 13.1. The predicted molar refractivity (Wildman–Crippen MR) is 82.1 cm³/mol. The largest absolute Gasteiger partial charge is 0.360 e. The Morgan fingerprint density at radius 2 is 2.00 bits per heavy atom. The second-order valence-electron chi connectivity index (χ2n) is 5.02. The lowest BCUT2D eigenvalue weighted by Gasteiger charge is -2.19. The first-order chi connectivity index (χ1) is 11.2. The average molecular weight is 359 g/mol.